The number of fused-ring (bicyclic) bond motifs is 1. The van der Waals surface area contributed by atoms with Crippen LogP contribution < -0.4 is 10.1 Å². The second-order valence-electron chi connectivity index (χ2n) is 8.31. The van der Waals surface area contributed by atoms with Crippen LogP contribution in [-0.2, 0) is 16.0 Å². The predicted molar refractivity (Wildman–Crippen MR) is 116 cm³/mol. The molecule has 1 heterocycles. The molecular formula is C25H29FN2O3. The van der Waals surface area contributed by atoms with E-state index >= 15 is 0 Å². The zero-order valence-electron chi connectivity index (χ0n) is 18.1. The summed E-state index contributed by atoms with van der Waals surface area (Å²) in [5.41, 5.74) is 2.77. The van der Waals surface area contributed by atoms with E-state index in [9.17, 15) is 14.0 Å². The Bertz CT molecular complexity index is 973. The number of ether oxygens (including phenoxy) is 1. The van der Waals surface area contributed by atoms with Crippen LogP contribution in [0.15, 0.2) is 42.5 Å². The Morgan fingerprint density at radius 3 is 2.68 bits per heavy atom. The van der Waals surface area contributed by atoms with Crippen LogP contribution in [0.1, 0.15) is 62.3 Å². The minimum Gasteiger partial charge on any atom is -0.481 e. The molecular weight excluding hydrogens is 395 g/mol. The summed E-state index contributed by atoms with van der Waals surface area (Å²) in [5.74, 6) is 0.195. The first-order valence-electron chi connectivity index (χ1n) is 11.1. The summed E-state index contributed by atoms with van der Waals surface area (Å²) in [6, 6.07) is 12.1. The number of hydrogen-bond acceptors (Lipinski definition) is 3. The zero-order valence-corrected chi connectivity index (χ0v) is 18.1. The highest BCUT2D eigenvalue weighted by Crippen LogP contribution is 2.38. The quantitative estimate of drug-likeness (QED) is 0.727. The van der Waals surface area contributed by atoms with Gasteiger partial charge in [0.05, 0.1) is 6.04 Å². The van der Waals surface area contributed by atoms with E-state index in [1.807, 2.05) is 43.0 Å². The van der Waals surface area contributed by atoms with E-state index in [0.717, 1.165) is 36.0 Å². The van der Waals surface area contributed by atoms with E-state index in [4.69, 9.17) is 4.74 Å². The molecule has 1 fully saturated rings. The van der Waals surface area contributed by atoms with E-state index < -0.39 is 6.10 Å². The van der Waals surface area contributed by atoms with Gasteiger partial charge in [0.1, 0.15) is 11.6 Å². The van der Waals surface area contributed by atoms with Crippen molar-refractivity contribution in [3.8, 4) is 5.75 Å². The lowest BCUT2D eigenvalue weighted by Crippen LogP contribution is -2.40. The number of carbonyl (C=O) groups excluding carboxylic acids is 2. The number of rotatable bonds is 7. The van der Waals surface area contributed by atoms with Gasteiger partial charge in [0, 0.05) is 19.0 Å². The predicted octanol–water partition coefficient (Wildman–Crippen LogP) is 4.15. The van der Waals surface area contributed by atoms with Crippen molar-refractivity contribution in [1.82, 2.24) is 10.2 Å². The van der Waals surface area contributed by atoms with Gasteiger partial charge < -0.3 is 15.0 Å². The fraction of sp³-hybridized carbons (Fsp3) is 0.440. The Morgan fingerprint density at radius 2 is 2.00 bits per heavy atom. The number of nitrogens with zero attached hydrogens (tertiary/aromatic N) is 1. The molecule has 1 aliphatic heterocycles. The summed E-state index contributed by atoms with van der Waals surface area (Å²) in [6.07, 6.45) is 3.16. The molecule has 0 spiro atoms. The highest BCUT2D eigenvalue weighted by Gasteiger charge is 2.33. The third kappa shape index (κ3) is 4.73. The number of benzene rings is 2. The summed E-state index contributed by atoms with van der Waals surface area (Å²) < 4.78 is 20.1. The van der Waals surface area contributed by atoms with Gasteiger partial charge in [0.15, 0.2) is 6.10 Å². The SMILES string of the molecule is CCC(=O)N1CCc2ccc(OC(CC)C(=O)NC3CC3)cc2C1c1cccc(F)c1. The maximum atomic E-state index is 14.0. The smallest absolute Gasteiger partial charge is 0.261 e. The molecule has 2 atom stereocenters. The Balaban J connectivity index is 1.67. The highest BCUT2D eigenvalue weighted by atomic mass is 19.1. The van der Waals surface area contributed by atoms with Gasteiger partial charge in [-0.15, -0.1) is 0 Å². The van der Waals surface area contributed by atoms with Crippen LogP contribution >= 0.6 is 0 Å². The molecule has 0 radical (unpaired) electrons. The Kier molecular flexibility index (Phi) is 6.25. The summed E-state index contributed by atoms with van der Waals surface area (Å²) >= 11 is 0. The molecule has 1 aliphatic carbocycles. The third-order valence-corrected chi connectivity index (χ3v) is 6.00. The van der Waals surface area contributed by atoms with Gasteiger partial charge in [-0.3, -0.25) is 9.59 Å². The van der Waals surface area contributed by atoms with Gasteiger partial charge in [0.2, 0.25) is 5.91 Å². The van der Waals surface area contributed by atoms with E-state index in [-0.39, 0.29) is 29.7 Å². The van der Waals surface area contributed by atoms with Crippen LogP contribution in [-0.4, -0.2) is 35.4 Å². The van der Waals surface area contributed by atoms with Crippen LogP contribution in [0, 0.1) is 5.82 Å². The van der Waals surface area contributed by atoms with Crippen LogP contribution in [0.5, 0.6) is 5.75 Å². The first kappa shape index (κ1) is 21.3. The van der Waals surface area contributed by atoms with E-state index in [1.54, 1.807) is 6.07 Å². The normalized spacial score (nSPS) is 18.8. The van der Waals surface area contributed by atoms with Crippen molar-refractivity contribution in [3.63, 3.8) is 0 Å². The summed E-state index contributed by atoms with van der Waals surface area (Å²) in [7, 11) is 0. The average Bonchev–Trinajstić information content (AvgIpc) is 3.59. The average molecular weight is 425 g/mol. The minimum absolute atomic E-state index is 0.0291. The number of amides is 2. The van der Waals surface area contributed by atoms with Crippen molar-refractivity contribution in [1.29, 1.82) is 0 Å². The molecule has 31 heavy (non-hydrogen) atoms. The van der Waals surface area contributed by atoms with Gasteiger partial charge >= 0.3 is 0 Å². The maximum absolute atomic E-state index is 14.0. The van der Waals surface area contributed by atoms with Gasteiger partial charge in [0.25, 0.3) is 5.91 Å². The van der Waals surface area contributed by atoms with Gasteiger partial charge in [-0.25, -0.2) is 4.39 Å². The van der Waals surface area contributed by atoms with Crippen LogP contribution in [0.25, 0.3) is 0 Å². The molecule has 4 rings (SSSR count). The van der Waals surface area contributed by atoms with Crippen molar-refractivity contribution in [2.75, 3.05) is 6.54 Å². The lowest BCUT2D eigenvalue weighted by Gasteiger charge is -2.38. The molecule has 5 nitrogen and oxygen atoms in total. The maximum Gasteiger partial charge on any atom is 0.261 e. The molecule has 1 saturated carbocycles. The Morgan fingerprint density at radius 1 is 1.19 bits per heavy atom. The number of nitrogens with one attached hydrogen (secondary N) is 1. The van der Waals surface area contributed by atoms with Gasteiger partial charge in [-0.2, -0.15) is 0 Å². The Labute approximate surface area is 182 Å². The lowest BCUT2D eigenvalue weighted by atomic mass is 9.87. The van der Waals surface area contributed by atoms with E-state index in [0.29, 0.717) is 25.1 Å². The fourth-order valence-corrected chi connectivity index (χ4v) is 4.18. The monoisotopic (exact) mass is 424 g/mol. The van der Waals surface area contributed by atoms with Crippen LogP contribution in [0.4, 0.5) is 4.39 Å². The van der Waals surface area contributed by atoms with Gasteiger partial charge in [-0.05, 0) is 66.6 Å². The summed E-state index contributed by atoms with van der Waals surface area (Å²) in [4.78, 5) is 27.0. The molecule has 2 unspecified atom stereocenters. The van der Waals surface area contributed by atoms with Crippen molar-refractivity contribution in [2.24, 2.45) is 0 Å². The van der Waals surface area contributed by atoms with Crippen molar-refractivity contribution < 1.29 is 18.7 Å². The molecule has 164 valence electrons. The van der Waals surface area contributed by atoms with E-state index in [2.05, 4.69) is 5.32 Å². The fourth-order valence-electron chi connectivity index (χ4n) is 4.18. The van der Waals surface area contributed by atoms with Crippen LogP contribution in [0.3, 0.4) is 0 Å². The molecule has 2 aliphatic rings. The zero-order chi connectivity index (χ0) is 22.0. The van der Waals surface area contributed by atoms with Crippen molar-refractivity contribution >= 4 is 11.8 Å². The number of halogens is 1. The molecule has 1 N–H and O–H groups in total. The standard InChI is InChI=1S/C25H29FN2O3/c1-3-22(25(30)27-19-9-10-19)31-20-11-8-16-12-13-28(23(29)4-2)24(21(16)15-20)17-6-5-7-18(26)14-17/h5-8,11,14-15,19,22,24H,3-4,9-10,12-13H2,1-2H3,(H,27,30). The molecule has 2 aromatic rings. The molecule has 0 saturated heterocycles. The summed E-state index contributed by atoms with van der Waals surface area (Å²) in [6.45, 7) is 4.35. The van der Waals surface area contributed by atoms with Gasteiger partial charge in [-0.1, -0.05) is 32.0 Å². The lowest BCUT2D eigenvalue weighted by molar-refractivity contribution is -0.133. The van der Waals surface area contributed by atoms with Crippen molar-refractivity contribution in [2.45, 2.75) is 64.1 Å². The minimum atomic E-state index is -0.566. The molecule has 6 heteroatoms. The molecule has 2 aromatic carbocycles. The second kappa shape index (κ2) is 9.08. The Hall–Kier alpha value is -2.89. The summed E-state index contributed by atoms with van der Waals surface area (Å²) in [5, 5.41) is 3.00. The largest absolute Gasteiger partial charge is 0.481 e. The van der Waals surface area contributed by atoms with Crippen LogP contribution in [0.2, 0.25) is 0 Å². The second-order valence-corrected chi connectivity index (χ2v) is 8.31. The molecule has 0 bridgehead atoms. The van der Waals surface area contributed by atoms with E-state index in [1.165, 1.54) is 12.1 Å². The first-order valence-corrected chi connectivity index (χ1v) is 11.1. The number of hydrogen-bond donors (Lipinski definition) is 1. The molecule has 2 amide bonds. The topological polar surface area (TPSA) is 58.6 Å². The highest BCUT2D eigenvalue weighted by molar-refractivity contribution is 5.81. The third-order valence-electron chi connectivity index (χ3n) is 6.00. The van der Waals surface area contributed by atoms with Crippen molar-refractivity contribution in [3.05, 3.63) is 65.0 Å². The molecule has 0 aromatic heterocycles. The number of carbonyl (C=O) groups is 2. The first-order chi connectivity index (χ1) is 15.0.